The molecule has 0 bridgehead atoms. The maximum Gasteiger partial charge on any atom is 0.120 e. The summed E-state index contributed by atoms with van der Waals surface area (Å²) in [7, 11) is 2.15. The molecule has 16 heavy (non-hydrogen) atoms. The Morgan fingerprint density at radius 2 is 2.00 bits per heavy atom. The van der Waals surface area contributed by atoms with Gasteiger partial charge in [-0.15, -0.1) is 0 Å². The molecule has 0 aromatic carbocycles. The van der Waals surface area contributed by atoms with Crippen LogP contribution < -0.4 is 5.32 Å². The van der Waals surface area contributed by atoms with Gasteiger partial charge >= 0.3 is 0 Å². The number of likely N-dealkylation sites (N-methyl/N-ethyl adjacent to an activating group) is 1. The second-order valence-electron chi connectivity index (χ2n) is 4.70. The lowest BCUT2D eigenvalue weighted by Gasteiger charge is -2.22. The van der Waals surface area contributed by atoms with E-state index in [2.05, 4.69) is 38.0 Å². The molecule has 0 aliphatic rings. The van der Waals surface area contributed by atoms with Crippen molar-refractivity contribution in [3.63, 3.8) is 0 Å². The Hall–Kier alpha value is -0.800. The Labute approximate surface area is 98.8 Å². The highest BCUT2D eigenvalue weighted by molar-refractivity contribution is 5.08. The first-order valence-electron chi connectivity index (χ1n) is 6.00. The van der Waals surface area contributed by atoms with Crippen LogP contribution in [0.1, 0.15) is 38.3 Å². The molecule has 1 heterocycles. The number of nitrogens with zero attached hydrogens (tertiary/aromatic N) is 1. The van der Waals surface area contributed by atoms with Crippen molar-refractivity contribution in [2.24, 2.45) is 0 Å². The van der Waals surface area contributed by atoms with E-state index in [4.69, 9.17) is 4.42 Å². The standard InChI is InChI=1S/C13H24N2O/c1-10(2)15(5)9-8-14-12(4)13-7-6-11(3)16-13/h6-7,10,12,14H,8-9H2,1-5H3. The Kier molecular flexibility index (Phi) is 5.03. The average Bonchev–Trinajstić information content (AvgIpc) is 2.64. The number of rotatable bonds is 6. The highest BCUT2D eigenvalue weighted by atomic mass is 16.3. The maximum atomic E-state index is 5.57. The molecular formula is C13H24N2O. The Balaban J connectivity index is 2.28. The van der Waals surface area contributed by atoms with Crippen molar-refractivity contribution in [2.75, 3.05) is 20.1 Å². The van der Waals surface area contributed by atoms with Gasteiger partial charge in [0, 0.05) is 19.1 Å². The molecule has 0 spiro atoms. The first kappa shape index (κ1) is 13.3. The molecule has 0 aliphatic carbocycles. The molecule has 0 fully saturated rings. The van der Waals surface area contributed by atoms with Gasteiger partial charge in [-0.25, -0.2) is 0 Å². The summed E-state index contributed by atoms with van der Waals surface area (Å²) in [5.41, 5.74) is 0. The predicted molar refractivity (Wildman–Crippen MR) is 67.6 cm³/mol. The topological polar surface area (TPSA) is 28.4 Å². The van der Waals surface area contributed by atoms with Crippen molar-refractivity contribution >= 4 is 0 Å². The highest BCUT2D eigenvalue weighted by Gasteiger charge is 2.09. The predicted octanol–water partition coefficient (Wildman–Crippen LogP) is 2.58. The maximum absolute atomic E-state index is 5.57. The lowest BCUT2D eigenvalue weighted by molar-refractivity contribution is 0.267. The van der Waals surface area contributed by atoms with Gasteiger partial charge in [-0.1, -0.05) is 0 Å². The number of hydrogen-bond acceptors (Lipinski definition) is 3. The van der Waals surface area contributed by atoms with Crippen molar-refractivity contribution in [2.45, 2.75) is 39.8 Å². The van der Waals surface area contributed by atoms with Crippen molar-refractivity contribution in [1.82, 2.24) is 10.2 Å². The van der Waals surface area contributed by atoms with Crippen LogP contribution >= 0.6 is 0 Å². The SMILES string of the molecule is Cc1ccc(C(C)NCCN(C)C(C)C)o1. The largest absolute Gasteiger partial charge is 0.465 e. The molecule has 3 nitrogen and oxygen atoms in total. The van der Waals surface area contributed by atoms with E-state index in [-0.39, 0.29) is 6.04 Å². The van der Waals surface area contributed by atoms with Gasteiger partial charge in [-0.3, -0.25) is 0 Å². The minimum atomic E-state index is 0.286. The van der Waals surface area contributed by atoms with Crippen LogP contribution in [-0.4, -0.2) is 31.1 Å². The number of hydrogen-bond donors (Lipinski definition) is 1. The molecule has 1 N–H and O–H groups in total. The molecule has 0 aliphatic heterocycles. The van der Waals surface area contributed by atoms with Crippen LogP contribution in [0.2, 0.25) is 0 Å². The molecule has 92 valence electrons. The minimum absolute atomic E-state index is 0.286. The monoisotopic (exact) mass is 224 g/mol. The number of furan rings is 1. The molecule has 1 rings (SSSR count). The molecular weight excluding hydrogens is 200 g/mol. The van der Waals surface area contributed by atoms with Crippen LogP contribution in [0.4, 0.5) is 0 Å². The zero-order valence-electron chi connectivity index (χ0n) is 11.1. The zero-order chi connectivity index (χ0) is 12.1. The summed E-state index contributed by atoms with van der Waals surface area (Å²) in [5, 5.41) is 3.46. The zero-order valence-corrected chi connectivity index (χ0v) is 11.1. The van der Waals surface area contributed by atoms with Crippen molar-refractivity contribution in [3.8, 4) is 0 Å². The quantitative estimate of drug-likeness (QED) is 0.805. The fraction of sp³-hybridized carbons (Fsp3) is 0.692. The van der Waals surface area contributed by atoms with E-state index in [9.17, 15) is 0 Å². The van der Waals surface area contributed by atoms with Gasteiger partial charge in [0.2, 0.25) is 0 Å². The second kappa shape index (κ2) is 6.06. The van der Waals surface area contributed by atoms with Gasteiger partial charge in [0.25, 0.3) is 0 Å². The average molecular weight is 224 g/mol. The molecule has 1 unspecified atom stereocenters. The van der Waals surface area contributed by atoms with E-state index >= 15 is 0 Å². The van der Waals surface area contributed by atoms with E-state index in [1.807, 2.05) is 19.1 Å². The van der Waals surface area contributed by atoms with Crippen molar-refractivity contribution in [3.05, 3.63) is 23.7 Å². The Morgan fingerprint density at radius 3 is 2.50 bits per heavy atom. The highest BCUT2D eigenvalue weighted by Crippen LogP contribution is 2.14. The molecule has 0 amide bonds. The molecule has 0 saturated carbocycles. The fourth-order valence-electron chi connectivity index (χ4n) is 1.50. The minimum Gasteiger partial charge on any atom is -0.465 e. The van der Waals surface area contributed by atoms with Crippen molar-refractivity contribution in [1.29, 1.82) is 0 Å². The summed E-state index contributed by atoms with van der Waals surface area (Å²) in [5.74, 6) is 1.99. The summed E-state index contributed by atoms with van der Waals surface area (Å²) >= 11 is 0. The van der Waals surface area contributed by atoms with Gasteiger partial charge in [0.05, 0.1) is 6.04 Å². The molecule has 1 aromatic rings. The third-order valence-corrected chi connectivity index (χ3v) is 2.98. The van der Waals surface area contributed by atoms with Crippen molar-refractivity contribution < 1.29 is 4.42 Å². The third-order valence-electron chi connectivity index (χ3n) is 2.98. The summed E-state index contributed by atoms with van der Waals surface area (Å²) in [4.78, 5) is 2.33. The molecule has 0 saturated heterocycles. The molecule has 3 heteroatoms. The first-order chi connectivity index (χ1) is 7.50. The summed E-state index contributed by atoms with van der Waals surface area (Å²) < 4.78 is 5.57. The van der Waals surface area contributed by atoms with Gasteiger partial charge < -0.3 is 14.6 Å². The van der Waals surface area contributed by atoms with Crippen LogP contribution in [0.3, 0.4) is 0 Å². The van der Waals surface area contributed by atoms with Crippen LogP contribution in [0.25, 0.3) is 0 Å². The smallest absolute Gasteiger partial charge is 0.120 e. The Bertz CT molecular complexity index is 307. The lowest BCUT2D eigenvalue weighted by Crippen LogP contribution is -2.34. The van der Waals surface area contributed by atoms with Crippen LogP contribution in [0.15, 0.2) is 16.5 Å². The Morgan fingerprint density at radius 1 is 1.31 bits per heavy atom. The molecule has 1 aromatic heterocycles. The summed E-state index contributed by atoms with van der Waals surface area (Å²) in [6.07, 6.45) is 0. The first-order valence-corrected chi connectivity index (χ1v) is 6.00. The summed E-state index contributed by atoms with van der Waals surface area (Å²) in [6.45, 7) is 10.6. The second-order valence-corrected chi connectivity index (χ2v) is 4.70. The molecule has 1 atom stereocenters. The van der Waals surface area contributed by atoms with E-state index in [0.29, 0.717) is 6.04 Å². The molecule has 0 radical (unpaired) electrons. The van der Waals surface area contributed by atoms with E-state index in [1.165, 1.54) is 0 Å². The van der Waals surface area contributed by atoms with Crippen LogP contribution in [0.5, 0.6) is 0 Å². The third kappa shape index (κ3) is 3.99. The van der Waals surface area contributed by atoms with Crippen LogP contribution in [-0.2, 0) is 0 Å². The lowest BCUT2D eigenvalue weighted by atomic mass is 10.2. The summed E-state index contributed by atoms with van der Waals surface area (Å²) in [6, 6.07) is 4.93. The van der Waals surface area contributed by atoms with E-state index in [1.54, 1.807) is 0 Å². The van der Waals surface area contributed by atoms with Gasteiger partial charge in [-0.2, -0.15) is 0 Å². The van der Waals surface area contributed by atoms with Gasteiger partial charge in [0.15, 0.2) is 0 Å². The van der Waals surface area contributed by atoms with Gasteiger partial charge in [0.1, 0.15) is 11.5 Å². The van der Waals surface area contributed by atoms with Crippen LogP contribution in [0, 0.1) is 6.92 Å². The van der Waals surface area contributed by atoms with Gasteiger partial charge in [-0.05, 0) is 46.9 Å². The van der Waals surface area contributed by atoms with E-state index in [0.717, 1.165) is 24.6 Å². The normalized spacial score (nSPS) is 13.7. The number of nitrogens with one attached hydrogen (secondary N) is 1. The number of aryl methyl sites for hydroxylation is 1. The fourth-order valence-corrected chi connectivity index (χ4v) is 1.50. The van der Waals surface area contributed by atoms with E-state index < -0.39 is 0 Å².